The molecule has 0 saturated heterocycles. The third kappa shape index (κ3) is 19.0. The van der Waals surface area contributed by atoms with Crippen molar-refractivity contribution < 1.29 is 0 Å². The van der Waals surface area contributed by atoms with Crippen LogP contribution in [0.15, 0.2) is 0 Å². The van der Waals surface area contributed by atoms with Crippen LogP contribution < -0.4 is 0 Å². The maximum atomic E-state index is 2.22. The smallest absolute Gasteiger partial charge is 0.147 e. The number of unbranched alkanes of at least 4 members (excludes halogenated alkanes) is 1. The maximum Gasteiger partial charge on any atom is -0.147 e. The van der Waals surface area contributed by atoms with E-state index >= 15 is 0 Å². The topological polar surface area (TPSA) is 0 Å². The Morgan fingerprint density at radius 1 is 1.29 bits per heavy atom. The molecule has 0 N–H and O–H groups in total. The molecule has 0 atom stereocenters. The number of hydrogen-bond donors (Lipinski definition) is 0. The molecule has 0 spiro atoms. The van der Waals surface area contributed by atoms with Gasteiger partial charge < -0.3 is 0 Å². The van der Waals surface area contributed by atoms with Gasteiger partial charge in [0, 0.05) is 0 Å². The summed E-state index contributed by atoms with van der Waals surface area (Å²) < 4.78 is 0. The zero-order valence-electron chi connectivity index (χ0n) is 4.52. The first-order valence-electron chi connectivity index (χ1n) is 2.12. The zero-order valence-corrected chi connectivity index (χ0v) is 8.57. The minimum absolute atomic E-state index is 0. The maximum absolute atomic E-state index is 2.22. The van der Waals surface area contributed by atoms with Gasteiger partial charge in [-0.2, -0.15) is 0 Å². The molecule has 0 aliphatic rings. The minimum atomic E-state index is 0. The molecule has 0 aromatic heterocycles. The molecule has 0 unspecified atom stereocenters. The molecule has 44 valence electrons. The van der Waals surface area contributed by atoms with Crippen LogP contribution in [0.3, 0.4) is 0 Å². The normalized spacial score (nSPS) is 5.86. The molecule has 0 nitrogen and oxygen atoms in total. The van der Waals surface area contributed by atoms with E-state index in [1.165, 1.54) is 17.8 Å². The van der Waals surface area contributed by atoms with Crippen LogP contribution >= 0.6 is 24.8 Å². The van der Waals surface area contributed by atoms with Crippen LogP contribution in [0.2, 0.25) is 4.98 Å². The molecular formula is C4H11Cl2Ga. The molecule has 0 aromatic rings. The Morgan fingerprint density at radius 3 is 1.71 bits per heavy atom. The Hall–Kier alpha value is 1.22. The fourth-order valence-corrected chi connectivity index (χ4v) is 1.06. The van der Waals surface area contributed by atoms with Crippen LogP contribution in [0.25, 0.3) is 0 Å². The molecule has 0 aliphatic carbocycles. The van der Waals surface area contributed by atoms with E-state index in [1.54, 1.807) is 0 Å². The van der Waals surface area contributed by atoms with E-state index in [9.17, 15) is 0 Å². The molecule has 0 heterocycles. The number of rotatable bonds is 2. The Bertz CT molecular complexity index is 17.2. The monoisotopic (exact) mass is 198 g/mol. The fourth-order valence-electron chi connectivity index (χ4n) is 0.204. The summed E-state index contributed by atoms with van der Waals surface area (Å²) in [5.74, 6) is 0. The summed E-state index contributed by atoms with van der Waals surface area (Å²) in [5, 5.41) is 0. The van der Waals surface area contributed by atoms with E-state index in [2.05, 4.69) is 6.92 Å². The van der Waals surface area contributed by atoms with E-state index in [0.29, 0.717) is 0 Å². The van der Waals surface area contributed by atoms with Crippen molar-refractivity contribution >= 4 is 43.4 Å². The van der Waals surface area contributed by atoms with Crippen LogP contribution in [0.4, 0.5) is 0 Å². The van der Waals surface area contributed by atoms with Gasteiger partial charge in [-0.25, -0.2) is 0 Å². The van der Waals surface area contributed by atoms with Gasteiger partial charge in [-0.1, -0.05) is 0 Å². The van der Waals surface area contributed by atoms with Crippen molar-refractivity contribution in [3.63, 3.8) is 0 Å². The van der Waals surface area contributed by atoms with Crippen LogP contribution in [-0.2, 0) is 0 Å². The van der Waals surface area contributed by atoms with E-state index in [-0.39, 0.29) is 24.8 Å². The van der Waals surface area contributed by atoms with Crippen molar-refractivity contribution in [3.05, 3.63) is 0 Å². The van der Waals surface area contributed by atoms with Gasteiger partial charge in [0.05, 0.1) is 0 Å². The summed E-state index contributed by atoms with van der Waals surface area (Å²) in [6.07, 6.45) is 2.78. The van der Waals surface area contributed by atoms with Crippen molar-refractivity contribution in [2.75, 3.05) is 0 Å². The van der Waals surface area contributed by atoms with Gasteiger partial charge in [-0.05, 0) is 0 Å². The van der Waals surface area contributed by atoms with Gasteiger partial charge in [0.25, 0.3) is 0 Å². The summed E-state index contributed by atoms with van der Waals surface area (Å²) in [4.78, 5) is 1.41. The summed E-state index contributed by atoms with van der Waals surface area (Å²) in [5.41, 5.74) is 0. The van der Waals surface area contributed by atoms with Crippen LogP contribution in [0.5, 0.6) is 0 Å². The Balaban J connectivity index is -0.0000000800. The quantitative estimate of drug-likeness (QED) is 0.599. The van der Waals surface area contributed by atoms with Crippen LogP contribution in [-0.4, -0.2) is 18.6 Å². The van der Waals surface area contributed by atoms with Crippen molar-refractivity contribution in [1.29, 1.82) is 0 Å². The molecule has 0 saturated carbocycles. The molecule has 3 heteroatoms. The van der Waals surface area contributed by atoms with Gasteiger partial charge in [0.1, 0.15) is 0 Å². The van der Waals surface area contributed by atoms with E-state index in [4.69, 9.17) is 0 Å². The average molecular weight is 200 g/mol. The second-order valence-corrected chi connectivity index (χ2v) is 2.35. The molecule has 0 amide bonds. The second kappa shape index (κ2) is 15.7. The third-order valence-corrected chi connectivity index (χ3v) is 1.41. The van der Waals surface area contributed by atoms with Crippen molar-refractivity contribution in [3.8, 4) is 0 Å². The molecule has 0 rings (SSSR count). The fraction of sp³-hybridized carbons (Fsp3) is 1.00. The van der Waals surface area contributed by atoms with Crippen molar-refractivity contribution in [2.24, 2.45) is 0 Å². The summed E-state index contributed by atoms with van der Waals surface area (Å²) >= 11 is 1.85. The van der Waals surface area contributed by atoms with Crippen molar-refractivity contribution in [2.45, 2.75) is 24.7 Å². The Labute approximate surface area is 68.2 Å². The van der Waals surface area contributed by atoms with Gasteiger partial charge in [0.2, 0.25) is 0 Å². The van der Waals surface area contributed by atoms with Crippen molar-refractivity contribution in [1.82, 2.24) is 0 Å². The van der Waals surface area contributed by atoms with Crippen LogP contribution in [0, 0.1) is 0 Å². The molecule has 0 bridgehead atoms. The summed E-state index contributed by atoms with van der Waals surface area (Å²) in [6.45, 7) is 2.22. The summed E-state index contributed by atoms with van der Waals surface area (Å²) in [7, 11) is 0. The first kappa shape index (κ1) is 15.7. The minimum Gasteiger partial charge on any atom is -0.147 e. The SMILES string of the molecule is CCC[CH2][Ga].Cl.Cl. The van der Waals surface area contributed by atoms with Gasteiger partial charge in [-0.15, -0.1) is 24.8 Å². The molecule has 0 aliphatic heterocycles. The van der Waals surface area contributed by atoms with E-state index in [0.717, 1.165) is 0 Å². The van der Waals surface area contributed by atoms with Gasteiger partial charge in [-0.3, -0.25) is 0 Å². The number of halogens is 2. The van der Waals surface area contributed by atoms with Crippen LogP contribution in [0.1, 0.15) is 19.8 Å². The first-order chi connectivity index (χ1) is 2.41. The molecule has 0 fully saturated rings. The Kier molecular flexibility index (Phi) is 35.2. The third-order valence-electron chi connectivity index (χ3n) is 0.558. The predicted molar refractivity (Wildman–Crippen MR) is 40.0 cm³/mol. The molecule has 2 radical (unpaired) electrons. The zero-order chi connectivity index (χ0) is 4.12. The van der Waals surface area contributed by atoms with E-state index < -0.39 is 0 Å². The first-order valence-corrected chi connectivity index (χ1v) is 3.83. The molecule has 7 heavy (non-hydrogen) atoms. The largest absolute Gasteiger partial charge is 0.147 e. The number of hydrogen-bond acceptors (Lipinski definition) is 0. The second-order valence-electron chi connectivity index (χ2n) is 1.14. The molecule has 0 aromatic carbocycles. The van der Waals surface area contributed by atoms with E-state index in [1.807, 2.05) is 18.6 Å². The predicted octanol–water partition coefficient (Wildman–Crippen LogP) is 2.22. The Morgan fingerprint density at radius 2 is 1.71 bits per heavy atom. The standard InChI is InChI=1S/C4H9.2ClH.Ga/c1-3-4-2;;;/h1,3-4H2,2H3;2*1H;. The molecular weight excluding hydrogens is 189 g/mol. The van der Waals surface area contributed by atoms with Gasteiger partial charge in [0.15, 0.2) is 0 Å². The summed E-state index contributed by atoms with van der Waals surface area (Å²) in [6, 6.07) is 0. The average Bonchev–Trinajstić information content (AvgIpc) is 1.41. The van der Waals surface area contributed by atoms with Gasteiger partial charge >= 0.3 is 43.3 Å².